The SMILES string of the molecule is COCCN1CCn2c(nc3cc(C(=O)NCC(C)C)ccc32)C1. The summed E-state index contributed by atoms with van der Waals surface area (Å²) in [6.45, 7) is 9.26. The Hall–Kier alpha value is -1.92. The molecule has 6 nitrogen and oxygen atoms in total. The van der Waals surface area contributed by atoms with Gasteiger partial charge in [0.2, 0.25) is 0 Å². The molecule has 1 aromatic carbocycles. The second kappa shape index (κ2) is 7.32. The third-order valence-corrected chi connectivity index (χ3v) is 4.38. The minimum Gasteiger partial charge on any atom is -0.383 e. The van der Waals surface area contributed by atoms with Crippen LogP contribution in [0.3, 0.4) is 0 Å². The van der Waals surface area contributed by atoms with Crippen LogP contribution in [0.4, 0.5) is 0 Å². The summed E-state index contributed by atoms with van der Waals surface area (Å²) in [5.41, 5.74) is 2.68. The average molecular weight is 330 g/mol. The van der Waals surface area contributed by atoms with E-state index < -0.39 is 0 Å². The summed E-state index contributed by atoms with van der Waals surface area (Å²) in [7, 11) is 1.73. The number of imidazole rings is 1. The molecule has 0 atom stereocenters. The van der Waals surface area contributed by atoms with Crippen molar-refractivity contribution in [1.82, 2.24) is 19.8 Å². The van der Waals surface area contributed by atoms with Crippen LogP contribution in [0.1, 0.15) is 30.0 Å². The molecule has 0 spiro atoms. The van der Waals surface area contributed by atoms with Crippen LogP contribution in [0.25, 0.3) is 11.0 Å². The number of carbonyl (C=O) groups is 1. The number of carbonyl (C=O) groups excluding carboxylic acids is 1. The summed E-state index contributed by atoms with van der Waals surface area (Å²) in [4.78, 5) is 19.3. The number of amides is 1. The van der Waals surface area contributed by atoms with Gasteiger partial charge in [-0.25, -0.2) is 4.98 Å². The summed E-state index contributed by atoms with van der Waals surface area (Å²) in [6.07, 6.45) is 0. The van der Waals surface area contributed by atoms with Crippen LogP contribution in [0.15, 0.2) is 18.2 Å². The number of nitrogens with zero attached hydrogens (tertiary/aromatic N) is 3. The fourth-order valence-electron chi connectivity index (χ4n) is 3.02. The van der Waals surface area contributed by atoms with Crippen molar-refractivity contribution in [2.75, 3.05) is 33.4 Å². The van der Waals surface area contributed by atoms with Gasteiger partial charge in [0.25, 0.3) is 5.91 Å². The van der Waals surface area contributed by atoms with E-state index in [0.717, 1.165) is 49.6 Å². The van der Waals surface area contributed by atoms with E-state index in [4.69, 9.17) is 9.72 Å². The number of rotatable bonds is 6. The van der Waals surface area contributed by atoms with Crippen LogP contribution in [0, 0.1) is 5.92 Å². The molecule has 0 aliphatic carbocycles. The van der Waals surface area contributed by atoms with E-state index in [1.54, 1.807) is 7.11 Å². The largest absolute Gasteiger partial charge is 0.383 e. The molecule has 2 aromatic rings. The minimum absolute atomic E-state index is 0.0294. The first-order valence-electron chi connectivity index (χ1n) is 8.57. The number of hydrogen-bond donors (Lipinski definition) is 1. The first kappa shape index (κ1) is 16.9. The molecule has 1 aliphatic heterocycles. The molecule has 3 rings (SSSR count). The Morgan fingerprint density at radius 2 is 2.21 bits per heavy atom. The highest BCUT2D eigenvalue weighted by Crippen LogP contribution is 2.22. The smallest absolute Gasteiger partial charge is 0.251 e. The fraction of sp³-hybridized carbons (Fsp3) is 0.556. The number of benzene rings is 1. The van der Waals surface area contributed by atoms with Crippen molar-refractivity contribution in [2.45, 2.75) is 26.9 Å². The number of methoxy groups -OCH3 is 1. The highest BCUT2D eigenvalue weighted by Gasteiger charge is 2.20. The van der Waals surface area contributed by atoms with Crippen molar-refractivity contribution in [2.24, 2.45) is 5.92 Å². The summed E-state index contributed by atoms with van der Waals surface area (Å²) in [6, 6.07) is 5.81. The standard InChI is InChI=1S/C18H26N4O2/c1-13(2)11-19-18(23)14-4-5-16-15(10-14)20-17-12-21(8-9-24-3)6-7-22(16)17/h4-5,10,13H,6-9,11-12H2,1-3H3,(H,19,23). The van der Waals surface area contributed by atoms with E-state index in [9.17, 15) is 4.79 Å². The molecule has 1 amide bonds. The van der Waals surface area contributed by atoms with Gasteiger partial charge >= 0.3 is 0 Å². The first-order chi connectivity index (χ1) is 11.6. The van der Waals surface area contributed by atoms with Crippen molar-refractivity contribution in [3.63, 3.8) is 0 Å². The van der Waals surface area contributed by atoms with Gasteiger partial charge in [0.1, 0.15) is 5.82 Å². The van der Waals surface area contributed by atoms with Gasteiger partial charge in [0, 0.05) is 38.9 Å². The molecule has 2 heterocycles. The molecule has 1 N–H and O–H groups in total. The minimum atomic E-state index is -0.0294. The number of ether oxygens (including phenoxy) is 1. The predicted octanol–water partition coefficient (Wildman–Crippen LogP) is 1.88. The van der Waals surface area contributed by atoms with Crippen molar-refractivity contribution >= 4 is 16.9 Å². The normalized spacial score (nSPS) is 15.0. The van der Waals surface area contributed by atoms with Gasteiger partial charge in [-0.15, -0.1) is 0 Å². The lowest BCUT2D eigenvalue weighted by molar-refractivity contribution is 0.0949. The predicted molar refractivity (Wildman–Crippen MR) is 94.1 cm³/mol. The Labute approximate surface area is 142 Å². The molecule has 0 bridgehead atoms. The molecular weight excluding hydrogens is 304 g/mol. The lowest BCUT2D eigenvalue weighted by Crippen LogP contribution is -2.35. The zero-order chi connectivity index (χ0) is 17.1. The molecule has 0 fully saturated rings. The third kappa shape index (κ3) is 3.60. The first-order valence-corrected chi connectivity index (χ1v) is 8.57. The highest BCUT2D eigenvalue weighted by atomic mass is 16.5. The molecule has 0 saturated carbocycles. The second-order valence-corrected chi connectivity index (χ2v) is 6.76. The quantitative estimate of drug-likeness (QED) is 0.879. The van der Waals surface area contributed by atoms with E-state index in [1.807, 2.05) is 18.2 Å². The second-order valence-electron chi connectivity index (χ2n) is 6.76. The number of fused-ring (bicyclic) bond motifs is 3. The Kier molecular flexibility index (Phi) is 5.16. The molecule has 0 unspecified atom stereocenters. The molecule has 130 valence electrons. The van der Waals surface area contributed by atoms with Crippen LogP contribution in [0.5, 0.6) is 0 Å². The van der Waals surface area contributed by atoms with Crippen LogP contribution in [-0.2, 0) is 17.8 Å². The number of hydrogen-bond acceptors (Lipinski definition) is 4. The molecular formula is C18H26N4O2. The summed E-state index contributed by atoms with van der Waals surface area (Å²) in [5.74, 6) is 1.47. The monoisotopic (exact) mass is 330 g/mol. The van der Waals surface area contributed by atoms with Gasteiger partial charge in [-0.05, 0) is 24.1 Å². The average Bonchev–Trinajstić information content (AvgIpc) is 2.94. The van der Waals surface area contributed by atoms with E-state index in [1.165, 1.54) is 0 Å². The number of nitrogens with one attached hydrogen (secondary N) is 1. The van der Waals surface area contributed by atoms with Crippen LogP contribution in [0.2, 0.25) is 0 Å². The Morgan fingerprint density at radius 1 is 1.38 bits per heavy atom. The highest BCUT2D eigenvalue weighted by molar-refractivity contribution is 5.97. The lowest BCUT2D eigenvalue weighted by Gasteiger charge is -2.27. The lowest BCUT2D eigenvalue weighted by atomic mass is 10.1. The van der Waals surface area contributed by atoms with Crippen LogP contribution < -0.4 is 5.32 Å². The maximum absolute atomic E-state index is 12.2. The summed E-state index contributed by atoms with van der Waals surface area (Å²) in [5, 5.41) is 2.96. The van der Waals surface area contributed by atoms with Gasteiger partial charge in [-0.3, -0.25) is 9.69 Å². The van der Waals surface area contributed by atoms with Gasteiger partial charge < -0.3 is 14.6 Å². The maximum atomic E-state index is 12.2. The van der Waals surface area contributed by atoms with Gasteiger partial charge in [0.15, 0.2) is 0 Å². The Balaban J connectivity index is 1.78. The van der Waals surface area contributed by atoms with Crippen LogP contribution >= 0.6 is 0 Å². The molecule has 6 heteroatoms. The van der Waals surface area contributed by atoms with Crippen molar-refractivity contribution in [1.29, 1.82) is 0 Å². The zero-order valence-electron chi connectivity index (χ0n) is 14.7. The van der Waals surface area contributed by atoms with Crippen LogP contribution in [-0.4, -0.2) is 53.7 Å². The molecule has 1 aliphatic rings. The topological polar surface area (TPSA) is 59.4 Å². The maximum Gasteiger partial charge on any atom is 0.251 e. The Morgan fingerprint density at radius 3 is 2.96 bits per heavy atom. The van der Waals surface area contributed by atoms with Crippen molar-refractivity contribution in [3.8, 4) is 0 Å². The van der Waals surface area contributed by atoms with Gasteiger partial charge in [0.05, 0.1) is 24.2 Å². The van der Waals surface area contributed by atoms with Gasteiger partial charge in [-0.1, -0.05) is 13.8 Å². The molecule has 1 aromatic heterocycles. The van der Waals surface area contributed by atoms with Crippen molar-refractivity contribution < 1.29 is 9.53 Å². The zero-order valence-corrected chi connectivity index (χ0v) is 14.7. The summed E-state index contributed by atoms with van der Waals surface area (Å²) >= 11 is 0. The van der Waals surface area contributed by atoms with Crippen molar-refractivity contribution in [3.05, 3.63) is 29.6 Å². The summed E-state index contributed by atoms with van der Waals surface area (Å²) < 4.78 is 7.42. The molecule has 24 heavy (non-hydrogen) atoms. The van der Waals surface area contributed by atoms with E-state index in [-0.39, 0.29) is 5.91 Å². The van der Waals surface area contributed by atoms with E-state index in [0.29, 0.717) is 18.0 Å². The van der Waals surface area contributed by atoms with E-state index in [2.05, 4.69) is 28.6 Å². The van der Waals surface area contributed by atoms with E-state index >= 15 is 0 Å². The number of aromatic nitrogens is 2. The molecule has 0 radical (unpaired) electrons. The Bertz CT molecular complexity index is 723. The fourth-order valence-corrected chi connectivity index (χ4v) is 3.02. The third-order valence-electron chi connectivity index (χ3n) is 4.38. The van der Waals surface area contributed by atoms with Gasteiger partial charge in [-0.2, -0.15) is 0 Å². The molecule has 0 saturated heterocycles.